The van der Waals surface area contributed by atoms with Crippen molar-refractivity contribution in [3.8, 4) is 11.1 Å². The first-order valence-electron chi connectivity index (χ1n) is 5.62. The van der Waals surface area contributed by atoms with Gasteiger partial charge in [-0.2, -0.15) is 0 Å². The molecule has 0 spiro atoms. The first kappa shape index (κ1) is 16.4. The Morgan fingerprint density at radius 3 is 1.37 bits per heavy atom. The fraction of sp³-hybridized carbons (Fsp3) is 0.143. The minimum absolute atomic E-state index is 0.556. The predicted octanol–water partition coefficient (Wildman–Crippen LogP) is 6.00. The van der Waals surface area contributed by atoms with Gasteiger partial charge in [-0.15, -0.1) is 25.5 Å². The van der Waals surface area contributed by atoms with Crippen LogP contribution in [0.3, 0.4) is 0 Å². The molecule has 0 saturated carbocycles. The molecule has 2 nitrogen and oxygen atoms in total. The van der Waals surface area contributed by atoms with Crippen LogP contribution < -0.4 is 0 Å². The van der Waals surface area contributed by atoms with Crippen LogP contribution in [-0.2, 0) is 17.0 Å². The van der Waals surface area contributed by atoms with Crippen molar-refractivity contribution in [1.29, 1.82) is 0 Å². The van der Waals surface area contributed by atoms with Crippen molar-refractivity contribution in [2.24, 2.45) is 0 Å². The van der Waals surface area contributed by atoms with Gasteiger partial charge >= 0.3 is 35.6 Å². The minimum atomic E-state index is -0.556. The molecular weight excluding hydrogens is 315 g/mol. The average Bonchev–Trinajstić information content (AvgIpc) is 2.48. The molecule has 100 valence electrons. The van der Waals surface area contributed by atoms with E-state index in [9.17, 15) is 0 Å². The third-order valence-corrected chi connectivity index (χ3v) is 2.58. The average molecular weight is 329 g/mol. The Morgan fingerprint density at radius 2 is 1.05 bits per heavy atom. The number of nitrogens with zero attached hydrogens (tertiary/aromatic N) is 2. The maximum absolute atomic E-state index is 4.89. The fourth-order valence-electron chi connectivity index (χ4n) is 1.79. The van der Waals surface area contributed by atoms with Crippen LogP contribution in [0.1, 0.15) is 0 Å². The standard InChI is InChI=1S/C14H14N2.2ClH.Ti/c1-15-13-9-5-3-7-11(13)12-8-4-6-10-14(12)16-2;;;/h3-10H,1-2H3;2*1H;/q-2;;;+2/p-2. The summed E-state index contributed by atoms with van der Waals surface area (Å²) in [6.45, 7) is 0. The Balaban J connectivity index is 0.000000550. The summed E-state index contributed by atoms with van der Waals surface area (Å²) in [4.78, 5) is 0. The first-order valence-corrected chi connectivity index (χ1v) is 9.92. The molecular formula is C14H14Cl2N2Ti-2. The van der Waals surface area contributed by atoms with Crippen molar-refractivity contribution >= 4 is 30.0 Å². The second-order valence-electron chi connectivity index (χ2n) is 3.55. The topological polar surface area (TPSA) is 28.2 Å². The molecule has 0 fully saturated rings. The van der Waals surface area contributed by atoms with E-state index in [1.807, 2.05) is 50.5 Å². The quantitative estimate of drug-likeness (QED) is 0.618. The van der Waals surface area contributed by atoms with E-state index in [0.717, 1.165) is 22.5 Å². The molecule has 0 aromatic heterocycles. The third kappa shape index (κ3) is 4.74. The molecule has 0 radical (unpaired) electrons. The summed E-state index contributed by atoms with van der Waals surface area (Å²) >= 11 is -0.556. The van der Waals surface area contributed by atoms with Crippen molar-refractivity contribution in [3.63, 3.8) is 0 Å². The van der Waals surface area contributed by atoms with Crippen molar-refractivity contribution in [3.05, 3.63) is 59.2 Å². The molecule has 2 rings (SSSR count). The molecule has 0 heterocycles. The van der Waals surface area contributed by atoms with Gasteiger partial charge in [0.1, 0.15) is 0 Å². The molecule has 0 amide bonds. The van der Waals surface area contributed by atoms with Crippen LogP contribution in [0, 0.1) is 0 Å². The number of rotatable bonds is 3. The van der Waals surface area contributed by atoms with E-state index in [1.54, 1.807) is 0 Å². The number of para-hydroxylation sites is 2. The second kappa shape index (κ2) is 9.27. The monoisotopic (exact) mass is 328 g/mol. The van der Waals surface area contributed by atoms with Gasteiger partial charge in [-0.1, -0.05) is 48.5 Å². The molecule has 19 heavy (non-hydrogen) atoms. The maximum atomic E-state index is 4.89. The fourth-order valence-corrected chi connectivity index (χ4v) is 1.79. The van der Waals surface area contributed by atoms with Crippen LogP contribution in [0.4, 0.5) is 11.4 Å². The number of hydrogen-bond acceptors (Lipinski definition) is 0. The summed E-state index contributed by atoms with van der Waals surface area (Å²) in [7, 11) is 13.4. The summed E-state index contributed by atoms with van der Waals surface area (Å²) in [5, 5.41) is 8.56. The van der Waals surface area contributed by atoms with Gasteiger partial charge in [-0.3, -0.25) is 0 Å². The summed E-state index contributed by atoms with van der Waals surface area (Å²) in [5.41, 5.74) is 4.26. The van der Waals surface area contributed by atoms with E-state index in [2.05, 4.69) is 22.8 Å². The molecule has 0 saturated heterocycles. The second-order valence-corrected chi connectivity index (χ2v) is 6.13. The van der Waals surface area contributed by atoms with E-state index < -0.39 is 17.0 Å². The van der Waals surface area contributed by atoms with E-state index in [0.29, 0.717) is 0 Å². The van der Waals surface area contributed by atoms with Gasteiger partial charge in [-0.05, 0) is 11.1 Å². The van der Waals surface area contributed by atoms with Crippen molar-refractivity contribution < 1.29 is 17.0 Å². The molecule has 5 heteroatoms. The van der Waals surface area contributed by atoms with Crippen LogP contribution in [0.2, 0.25) is 0 Å². The van der Waals surface area contributed by atoms with Crippen LogP contribution in [0.15, 0.2) is 48.5 Å². The molecule has 0 aliphatic rings. The van der Waals surface area contributed by atoms with Crippen LogP contribution in [0.5, 0.6) is 0 Å². The Hall–Kier alpha value is -0.666. The third-order valence-electron chi connectivity index (χ3n) is 2.58. The Bertz CT molecular complexity index is 461. The van der Waals surface area contributed by atoms with Crippen LogP contribution in [-0.4, -0.2) is 14.1 Å². The molecule has 2 aromatic carbocycles. The van der Waals surface area contributed by atoms with Crippen LogP contribution >= 0.6 is 18.6 Å². The summed E-state index contributed by atoms with van der Waals surface area (Å²) in [6.07, 6.45) is 0. The van der Waals surface area contributed by atoms with Gasteiger partial charge < -0.3 is 10.6 Å². The summed E-state index contributed by atoms with van der Waals surface area (Å²) < 4.78 is 0. The van der Waals surface area contributed by atoms with Gasteiger partial charge in [0.05, 0.1) is 0 Å². The SMILES string of the molecule is C[N-]c1ccccc1-c1ccccc1[N-]C.[Cl][Ti][Cl]. The number of halogens is 2. The number of benzene rings is 2. The zero-order valence-electron chi connectivity index (χ0n) is 10.8. The normalized spacial score (nSPS) is 9.05. The van der Waals surface area contributed by atoms with Gasteiger partial charge in [0, 0.05) is 0 Å². The zero-order chi connectivity index (χ0) is 14.1. The molecule has 0 aliphatic heterocycles. The Labute approximate surface area is 131 Å². The van der Waals surface area contributed by atoms with Gasteiger partial charge in [0.2, 0.25) is 0 Å². The molecule has 0 bridgehead atoms. The summed E-state index contributed by atoms with van der Waals surface area (Å²) in [6, 6.07) is 16.2. The van der Waals surface area contributed by atoms with E-state index in [4.69, 9.17) is 18.6 Å². The first-order chi connectivity index (χ1) is 9.28. The molecule has 0 atom stereocenters. The van der Waals surface area contributed by atoms with Gasteiger partial charge in [-0.25, -0.2) is 0 Å². The van der Waals surface area contributed by atoms with E-state index in [-0.39, 0.29) is 0 Å². The predicted molar refractivity (Wildman–Crippen MR) is 81.5 cm³/mol. The van der Waals surface area contributed by atoms with Gasteiger partial charge in [0.15, 0.2) is 0 Å². The summed E-state index contributed by atoms with van der Waals surface area (Å²) in [5.74, 6) is 0. The van der Waals surface area contributed by atoms with Crippen molar-refractivity contribution in [1.82, 2.24) is 0 Å². The number of hydrogen-bond donors (Lipinski definition) is 0. The van der Waals surface area contributed by atoms with Crippen LogP contribution in [0.25, 0.3) is 21.8 Å². The van der Waals surface area contributed by atoms with Crippen molar-refractivity contribution in [2.45, 2.75) is 0 Å². The van der Waals surface area contributed by atoms with Crippen molar-refractivity contribution in [2.75, 3.05) is 14.1 Å². The van der Waals surface area contributed by atoms with Gasteiger partial charge in [0.25, 0.3) is 0 Å². The zero-order valence-corrected chi connectivity index (χ0v) is 13.8. The molecule has 0 unspecified atom stereocenters. The Morgan fingerprint density at radius 1 is 0.737 bits per heavy atom. The molecule has 0 aliphatic carbocycles. The molecule has 2 aromatic rings. The molecule has 0 N–H and O–H groups in total. The van der Waals surface area contributed by atoms with E-state index >= 15 is 0 Å². The Kier molecular flexibility index (Phi) is 8.00. The van der Waals surface area contributed by atoms with E-state index in [1.165, 1.54) is 0 Å².